The first-order chi connectivity index (χ1) is 14.1. The van der Waals surface area contributed by atoms with E-state index in [0.717, 1.165) is 55.1 Å². The Balaban J connectivity index is 1.52. The fraction of sp³-hybridized carbons (Fsp3) is 0.522. The Bertz CT molecular complexity index is 899. The van der Waals surface area contributed by atoms with Crippen LogP contribution in [0.2, 0.25) is 0 Å². The van der Waals surface area contributed by atoms with Crippen molar-refractivity contribution in [2.75, 3.05) is 23.3 Å². The van der Waals surface area contributed by atoms with E-state index in [4.69, 9.17) is 9.97 Å². The highest BCUT2D eigenvalue weighted by molar-refractivity contribution is 5.59. The van der Waals surface area contributed by atoms with E-state index < -0.39 is 0 Å². The minimum atomic E-state index is 0.552. The first kappa shape index (κ1) is 19.7. The standard InChI is InChI=1S/C23H30N6/c1-3-5-19-13-22(29-11-10-21(15-29)25-18-6-4-7-18)28-23(26-19)27-20-9-8-16(2)17(12-20)14-24/h8-9,12-13,18,21,25H,3-7,10-11,15H2,1-2H3,(H,26,27,28). The fourth-order valence-corrected chi connectivity index (χ4v) is 4.05. The van der Waals surface area contributed by atoms with Crippen LogP contribution < -0.4 is 15.5 Å². The van der Waals surface area contributed by atoms with Gasteiger partial charge in [-0.1, -0.05) is 25.8 Å². The Morgan fingerprint density at radius 1 is 1.17 bits per heavy atom. The highest BCUT2D eigenvalue weighted by Gasteiger charge is 2.28. The minimum absolute atomic E-state index is 0.552. The lowest BCUT2D eigenvalue weighted by Crippen LogP contribution is -2.43. The van der Waals surface area contributed by atoms with Gasteiger partial charge < -0.3 is 15.5 Å². The van der Waals surface area contributed by atoms with Crippen LogP contribution in [0.1, 0.15) is 55.8 Å². The summed E-state index contributed by atoms with van der Waals surface area (Å²) in [5.41, 5.74) is 3.55. The van der Waals surface area contributed by atoms with Crippen LogP contribution in [0.5, 0.6) is 0 Å². The van der Waals surface area contributed by atoms with E-state index in [1.807, 2.05) is 25.1 Å². The van der Waals surface area contributed by atoms with E-state index in [0.29, 0.717) is 23.6 Å². The summed E-state index contributed by atoms with van der Waals surface area (Å²) in [6.45, 7) is 6.14. The van der Waals surface area contributed by atoms with Crippen molar-refractivity contribution in [1.29, 1.82) is 5.26 Å². The molecule has 1 aliphatic carbocycles. The third kappa shape index (κ3) is 4.68. The molecule has 4 rings (SSSR count). The van der Waals surface area contributed by atoms with Gasteiger partial charge in [0.2, 0.25) is 5.95 Å². The molecule has 1 aromatic heterocycles. The molecule has 0 bridgehead atoms. The first-order valence-corrected chi connectivity index (χ1v) is 10.8. The number of nitriles is 1. The van der Waals surface area contributed by atoms with Crippen molar-refractivity contribution >= 4 is 17.5 Å². The summed E-state index contributed by atoms with van der Waals surface area (Å²) in [6.07, 6.45) is 7.14. The lowest BCUT2D eigenvalue weighted by molar-refractivity contribution is 0.311. The van der Waals surface area contributed by atoms with Crippen molar-refractivity contribution in [2.45, 2.75) is 64.5 Å². The summed E-state index contributed by atoms with van der Waals surface area (Å²) in [5, 5.41) is 16.4. The van der Waals surface area contributed by atoms with E-state index in [-0.39, 0.29) is 0 Å². The number of hydrogen-bond acceptors (Lipinski definition) is 6. The molecule has 2 heterocycles. The Morgan fingerprint density at radius 3 is 2.76 bits per heavy atom. The summed E-state index contributed by atoms with van der Waals surface area (Å²) in [6, 6.07) is 11.4. The average Bonchev–Trinajstić information content (AvgIpc) is 3.15. The van der Waals surface area contributed by atoms with Crippen LogP contribution >= 0.6 is 0 Å². The molecule has 2 N–H and O–H groups in total. The zero-order chi connectivity index (χ0) is 20.2. The number of aromatic nitrogens is 2. The molecule has 0 amide bonds. The van der Waals surface area contributed by atoms with Crippen LogP contribution in [0.25, 0.3) is 0 Å². The van der Waals surface area contributed by atoms with Crippen molar-refractivity contribution < 1.29 is 0 Å². The minimum Gasteiger partial charge on any atom is -0.355 e. The number of hydrogen-bond donors (Lipinski definition) is 2. The van der Waals surface area contributed by atoms with Gasteiger partial charge in [0.25, 0.3) is 0 Å². The number of nitrogens with one attached hydrogen (secondary N) is 2. The smallest absolute Gasteiger partial charge is 0.229 e. The maximum Gasteiger partial charge on any atom is 0.229 e. The van der Waals surface area contributed by atoms with E-state index in [1.165, 1.54) is 19.3 Å². The van der Waals surface area contributed by atoms with Gasteiger partial charge in [0.15, 0.2) is 0 Å². The van der Waals surface area contributed by atoms with E-state index in [1.54, 1.807) is 0 Å². The normalized spacial score (nSPS) is 19.1. The second kappa shape index (κ2) is 8.79. The molecular weight excluding hydrogens is 360 g/mol. The van der Waals surface area contributed by atoms with Gasteiger partial charge in [0.05, 0.1) is 11.6 Å². The summed E-state index contributed by atoms with van der Waals surface area (Å²) in [7, 11) is 0. The predicted molar refractivity (Wildman–Crippen MR) is 117 cm³/mol. The zero-order valence-corrected chi connectivity index (χ0v) is 17.4. The third-order valence-electron chi connectivity index (χ3n) is 5.97. The van der Waals surface area contributed by atoms with Crippen LogP contribution in [0.15, 0.2) is 24.3 Å². The second-order valence-electron chi connectivity index (χ2n) is 8.28. The number of nitrogens with zero attached hydrogens (tertiary/aromatic N) is 4. The van der Waals surface area contributed by atoms with E-state index >= 15 is 0 Å². The molecule has 1 unspecified atom stereocenters. The topological polar surface area (TPSA) is 76.9 Å². The molecule has 0 radical (unpaired) electrons. The number of anilines is 3. The highest BCUT2D eigenvalue weighted by Crippen LogP contribution is 2.25. The van der Waals surface area contributed by atoms with Crippen LogP contribution in [-0.2, 0) is 6.42 Å². The van der Waals surface area contributed by atoms with E-state index in [2.05, 4.69) is 34.6 Å². The lowest BCUT2D eigenvalue weighted by Gasteiger charge is -2.30. The van der Waals surface area contributed by atoms with Crippen LogP contribution in [-0.4, -0.2) is 35.1 Å². The maximum atomic E-state index is 9.30. The summed E-state index contributed by atoms with van der Waals surface area (Å²) in [5.74, 6) is 1.60. The molecule has 152 valence electrons. The SMILES string of the molecule is CCCc1cc(N2CCC(NC3CCC3)C2)nc(Nc2ccc(C)c(C#N)c2)n1. The second-order valence-corrected chi connectivity index (χ2v) is 8.28. The molecule has 1 atom stereocenters. The molecular formula is C23H30N6. The van der Waals surface area contributed by atoms with Crippen molar-refractivity contribution in [1.82, 2.24) is 15.3 Å². The lowest BCUT2D eigenvalue weighted by atomic mass is 9.92. The molecule has 1 aromatic carbocycles. The summed E-state index contributed by atoms with van der Waals surface area (Å²) < 4.78 is 0. The van der Waals surface area contributed by atoms with Crippen molar-refractivity contribution in [2.24, 2.45) is 0 Å². The molecule has 6 nitrogen and oxygen atoms in total. The van der Waals surface area contributed by atoms with Gasteiger partial charge in [0, 0.05) is 42.6 Å². The molecule has 1 aliphatic heterocycles. The predicted octanol–water partition coefficient (Wildman–Crippen LogP) is 4.07. The van der Waals surface area contributed by atoms with Crippen molar-refractivity contribution in [3.63, 3.8) is 0 Å². The number of benzene rings is 1. The van der Waals surface area contributed by atoms with Gasteiger partial charge in [-0.3, -0.25) is 0 Å². The molecule has 2 aliphatic rings. The van der Waals surface area contributed by atoms with Gasteiger partial charge in [-0.05, 0) is 50.3 Å². The molecule has 29 heavy (non-hydrogen) atoms. The largest absolute Gasteiger partial charge is 0.355 e. The van der Waals surface area contributed by atoms with Crippen LogP contribution in [0.3, 0.4) is 0 Å². The van der Waals surface area contributed by atoms with Crippen LogP contribution in [0.4, 0.5) is 17.5 Å². The van der Waals surface area contributed by atoms with Gasteiger partial charge in [-0.2, -0.15) is 10.2 Å². The van der Waals surface area contributed by atoms with Gasteiger partial charge >= 0.3 is 0 Å². The van der Waals surface area contributed by atoms with Crippen molar-refractivity contribution in [3.8, 4) is 6.07 Å². The summed E-state index contributed by atoms with van der Waals surface area (Å²) >= 11 is 0. The molecule has 1 saturated carbocycles. The number of rotatable bonds is 7. The first-order valence-electron chi connectivity index (χ1n) is 10.8. The Kier molecular flexibility index (Phi) is 5.96. The van der Waals surface area contributed by atoms with Gasteiger partial charge in [-0.25, -0.2) is 4.98 Å². The zero-order valence-electron chi connectivity index (χ0n) is 17.4. The summed E-state index contributed by atoms with van der Waals surface area (Å²) in [4.78, 5) is 11.9. The Hall–Kier alpha value is -2.65. The van der Waals surface area contributed by atoms with E-state index in [9.17, 15) is 5.26 Å². The molecule has 1 saturated heterocycles. The quantitative estimate of drug-likeness (QED) is 0.742. The highest BCUT2D eigenvalue weighted by atomic mass is 15.3. The molecule has 6 heteroatoms. The fourth-order valence-electron chi connectivity index (χ4n) is 4.05. The third-order valence-corrected chi connectivity index (χ3v) is 5.97. The Labute approximate surface area is 173 Å². The maximum absolute atomic E-state index is 9.30. The van der Waals surface area contributed by atoms with Crippen molar-refractivity contribution in [3.05, 3.63) is 41.1 Å². The Morgan fingerprint density at radius 2 is 2.03 bits per heavy atom. The van der Waals surface area contributed by atoms with Gasteiger partial charge in [0.1, 0.15) is 5.82 Å². The number of aryl methyl sites for hydroxylation is 2. The average molecular weight is 391 g/mol. The molecule has 0 spiro atoms. The van der Waals surface area contributed by atoms with Gasteiger partial charge in [-0.15, -0.1) is 0 Å². The molecule has 2 fully saturated rings. The van der Waals surface area contributed by atoms with Crippen LogP contribution in [0, 0.1) is 18.3 Å². The molecule has 2 aromatic rings. The monoisotopic (exact) mass is 390 g/mol.